The van der Waals surface area contributed by atoms with Crippen LogP contribution in [0.15, 0.2) is 59.9 Å². The molecule has 3 aromatic rings. The minimum atomic E-state index is -0.399. The summed E-state index contributed by atoms with van der Waals surface area (Å²) in [7, 11) is 0. The van der Waals surface area contributed by atoms with E-state index in [0.717, 1.165) is 35.6 Å². The number of rotatable bonds is 2. The summed E-state index contributed by atoms with van der Waals surface area (Å²) in [4.78, 5) is 15.9. The molecule has 1 aromatic heterocycles. The highest BCUT2D eigenvalue weighted by atomic mass is 35.5. The fourth-order valence-electron chi connectivity index (χ4n) is 4.56. The van der Waals surface area contributed by atoms with Crippen LogP contribution in [0.2, 0.25) is 10.0 Å². The monoisotopic (exact) mass is 452 g/mol. The quantitative estimate of drug-likeness (QED) is 0.536. The molecule has 0 radical (unpaired) electrons. The Labute approximate surface area is 191 Å². The van der Waals surface area contributed by atoms with Gasteiger partial charge < -0.3 is 10.2 Å². The molecule has 0 saturated heterocycles. The maximum Gasteiger partial charge on any atom is 0.258 e. The Bertz CT molecular complexity index is 1230. The highest BCUT2D eigenvalue weighted by Crippen LogP contribution is 2.40. The van der Waals surface area contributed by atoms with Crippen molar-refractivity contribution in [2.75, 3.05) is 16.8 Å². The number of benzene rings is 2. The molecule has 2 aliphatic rings. The van der Waals surface area contributed by atoms with Crippen molar-refractivity contribution in [2.45, 2.75) is 32.7 Å². The fraction of sp³-hybridized carbons (Fsp3) is 0.250. The van der Waals surface area contributed by atoms with E-state index in [2.05, 4.69) is 35.5 Å². The molecule has 7 heteroatoms. The summed E-state index contributed by atoms with van der Waals surface area (Å²) in [6, 6.07) is 13.3. The molecule has 0 spiro atoms. The van der Waals surface area contributed by atoms with E-state index < -0.39 is 6.04 Å². The number of hydrogen-bond donors (Lipinski definition) is 1. The molecule has 5 nitrogen and oxygen atoms in total. The maximum atomic E-state index is 14.0. The van der Waals surface area contributed by atoms with E-state index in [1.54, 1.807) is 12.3 Å². The Kier molecular flexibility index (Phi) is 5.03. The Hall–Kier alpha value is -2.76. The third kappa shape index (κ3) is 3.42. The predicted octanol–water partition coefficient (Wildman–Crippen LogP) is 5.77. The van der Waals surface area contributed by atoms with E-state index in [-0.39, 0.29) is 5.91 Å². The number of allylic oxidation sites excluding steroid dienone is 1. The van der Waals surface area contributed by atoms with Gasteiger partial charge in [-0.15, -0.1) is 0 Å². The average Bonchev–Trinajstić information content (AvgIpc) is 3.21. The average molecular weight is 453 g/mol. The summed E-state index contributed by atoms with van der Waals surface area (Å²) in [5.74, 6) is 0.812. The summed E-state index contributed by atoms with van der Waals surface area (Å²) >= 11 is 12.5. The minimum Gasteiger partial charge on any atom is -0.344 e. The number of aromatic nitrogens is 2. The van der Waals surface area contributed by atoms with Gasteiger partial charge in [0.2, 0.25) is 0 Å². The molecule has 1 unspecified atom stereocenters. The van der Waals surface area contributed by atoms with Gasteiger partial charge in [-0.3, -0.25) is 4.79 Å². The summed E-state index contributed by atoms with van der Waals surface area (Å²) in [6.45, 7) is 4.71. The van der Waals surface area contributed by atoms with Gasteiger partial charge in [0.25, 0.3) is 5.91 Å². The topological polar surface area (TPSA) is 50.2 Å². The van der Waals surface area contributed by atoms with Crippen molar-refractivity contribution >= 4 is 40.6 Å². The highest BCUT2D eigenvalue weighted by Gasteiger charge is 2.36. The SMILES string of the molecule is CC1=C(C(=O)N2CCCc3cc(C)ccc32)C(c2ccc(Cl)c(Cl)c2)n2nccc2N1. The standard InChI is InChI=1S/C24H22Cl2N4O/c1-14-5-8-20-16(12-14)4-3-11-29(20)24(31)22-15(2)28-21-9-10-27-30(21)23(22)17-6-7-18(25)19(26)13-17/h5-10,12-13,23,28H,3-4,11H2,1-2H3. The maximum absolute atomic E-state index is 14.0. The minimum absolute atomic E-state index is 0.0213. The van der Waals surface area contributed by atoms with Crippen LogP contribution >= 0.6 is 23.2 Å². The van der Waals surface area contributed by atoms with Gasteiger partial charge in [-0.2, -0.15) is 5.10 Å². The second-order valence-electron chi connectivity index (χ2n) is 8.09. The van der Waals surface area contributed by atoms with Crippen LogP contribution in [0.3, 0.4) is 0 Å². The largest absolute Gasteiger partial charge is 0.344 e. The number of amides is 1. The summed E-state index contributed by atoms with van der Waals surface area (Å²) < 4.78 is 1.83. The molecular formula is C24H22Cl2N4O. The van der Waals surface area contributed by atoms with Gasteiger partial charge in [-0.1, -0.05) is 47.0 Å². The van der Waals surface area contributed by atoms with Crippen LogP contribution in [0.5, 0.6) is 0 Å². The number of fused-ring (bicyclic) bond motifs is 2. The molecule has 1 amide bonds. The number of aryl methyl sites for hydroxylation is 2. The molecule has 1 atom stereocenters. The number of halogens is 2. The first-order chi connectivity index (χ1) is 14.9. The Balaban J connectivity index is 1.63. The molecule has 0 bridgehead atoms. The van der Waals surface area contributed by atoms with Crippen molar-refractivity contribution in [3.63, 3.8) is 0 Å². The number of carbonyl (C=O) groups is 1. The normalized spacial score (nSPS) is 17.8. The molecule has 0 fully saturated rings. The van der Waals surface area contributed by atoms with Crippen LogP contribution in [0.25, 0.3) is 0 Å². The number of carbonyl (C=O) groups excluding carboxylic acids is 1. The molecule has 31 heavy (non-hydrogen) atoms. The molecule has 2 aliphatic heterocycles. The van der Waals surface area contributed by atoms with Gasteiger partial charge in [0, 0.05) is 24.0 Å². The first-order valence-electron chi connectivity index (χ1n) is 10.3. The van der Waals surface area contributed by atoms with Crippen LogP contribution in [0.1, 0.15) is 36.1 Å². The number of nitrogens with one attached hydrogen (secondary N) is 1. The number of hydrogen-bond acceptors (Lipinski definition) is 3. The van der Waals surface area contributed by atoms with Gasteiger partial charge in [0.05, 0.1) is 21.8 Å². The van der Waals surface area contributed by atoms with Crippen LogP contribution in [-0.2, 0) is 11.2 Å². The lowest BCUT2D eigenvalue weighted by molar-refractivity contribution is -0.115. The van der Waals surface area contributed by atoms with Crippen molar-refractivity contribution < 1.29 is 4.79 Å². The molecular weight excluding hydrogens is 431 g/mol. The van der Waals surface area contributed by atoms with E-state index in [9.17, 15) is 4.79 Å². The second-order valence-corrected chi connectivity index (χ2v) is 8.91. The Morgan fingerprint density at radius 3 is 2.74 bits per heavy atom. The van der Waals surface area contributed by atoms with Gasteiger partial charge in [-0.05, 0) is 56.0 Å². The first kappa shape index (κ1) is 20.2. The van der Waals surface area contributed by atoms with E-state index in [1.807, 2.05) is 34.7 Å². The van der Waals surface area contributed by atoms with Crippen molar-refractivity contribution in [3.05, 3.63) is 86.7 Å². The van der Waals surface area contributed by atoms with Crippen molar-refractivity contribution in [1.29, 1.82) is 0 Å². The molecule has 0 saturated carbocycles. The second kappa shape index (κ2) is 7.74. The first-order valence-corrected chi connectivity index (χ1v) is 11.1. The third-order valence-corrected chi connectivity index (χ3v) is 6.74. The fourth-order valence-corrected chi connectivity index (χ4v) is 4.86. The Morgan fingerprint density at radius 1 is 1.10 bits per heavy atom. The molecule has 3 heterocycles. The van der Waals surface area contributed by atoms with Crippen molar-refractivity contribution in [2.24, 2.45) is 0 Å². The van der Waals surface area contributed by atoms with Gasteiger partial charge in [0.1, 0.15) is 11.9 Å². The zero-order chi connectivity index (χ0) is 21.7. The molecule has 1 N–H and O–H groups in total. The lowest BCUT2D eigenvalue weighted by Crippen LogP contribution is -2.41. The lowest BCUT2D eigenvalue weighted by Gasteiger charge is -2.35. The lowest BCUT2D eigenvalue weighted by atomic mass is 9.92. The van der Waals surface area contributed by atoms with E-state index in [1.165, 1.54) is 11.1 Å². The molecule has 5 rings (SSSR count). The van der Waals surface area contributed by atoms with Crippen LogP contribution < -0.4 is 10.2 Å². The van der Waals surface area contributed by atoms with Gasteiger partial charge in [-0.25, -0.2) is 4.68 Å². The van der Waals surface area contributed by atoms with Crippen LogP contribution in [0.4, 0.5) is 11.5 Å². The Morgan fingerprint density at radius 2 is 1.94 bits per heavy atom. The van der Waals surface area contributed by atoms with Crippen molar-refractivity contribution in [3.8, 4) is 0 Å². The smallest absolute Gasteiger partial charge is 0.258 e. The summed E-state index contributed by atoms with van der Waals surface area (Å²) in [5.41, 5.74) is 5.74. The molecule has 0 aliphatic carbocycles. The number of nitrogens with zero attached hydrogens (tertiary/aromatic N) is 3. The summed E-state index contributed by atoms with van der Waals surface area (Å²) in [6.07, 6.45) is 3.65. The third-order valence-electron chi connectivity index (χ3n) is 6.00. The van der Waals surface area contributed by atoms with Gasteiger partial charge in [0.15, 0.2) is 0 Å². The van der Waals surface area contributed by atoms with Crippen LogP contribution in [-0.4, -0.2) is 22.2 Å². The molecule has 158 valence electrons. The van der Waals surface area contributed by atoms with Crippen LogP contribution in [0, 0.1) is 6.92 Å². The zero-order valence-electron chi connectivity index (χ0n) is 17.3. The summed E-state index contributed by atoms with van der Waals surface area (Å²) in [5, 5.41) is 8.78. The van der Waals surface area contributed by atoms with E-state index >= 15 is 0 Å². The predicted molar refractivity (Wildman–Crippen MR) is 125 cm³/mol. The van der Waals surface area contributed by atoms with E-state index in [4.69, 9.17) is 23.2 Å². The van der Waals surface area contributed by atoms with Crippen molar-refractivity contribution in [1.82, 2.24) is 9.78 Å². The molecule has 2 aromatic carbocycles. The van der Waals surface area contributed by atoms with Gasteiger partial charge >= 0.3 is 0 Å². The zero-order valence-corrected chi connectivity index (χ0v) is 18.8. The number of anilines is 2. The van der Waals surface area contributed by atoms with E-state index in [0.29, 0.717) is 22.2 Å². The highest BCUT2D eigenvalue weighted by molar-refractivity contribution is 6.42.